The maximum atomic E-state index is 12.4. The molecule has 0 aromatic heterocycles. The van der Waals surface area contributed by atoms with Gasteiger partial charge in [-0.2, -0.15) is 0 Å². The highest BCUT2D eigenvalue weighted by atomic mass is 127. The Kier molecular flexibility index (Phi) is 4.67. The average Bonchev–Trinajstić information content (AvgIpc) is 2.89. The SMILES string of the molecule is O=C(NC1CCN2CCCC2C1)c1cc(I)ccc1Br. The van der Waals surface area contributed by atoms with Crippen molar-refractivity contribution in [2.75, 3.05) is 13.1 Å². The molecule has 1 amide bonds. The second-order valence-corrected chi connectivity index (χ2v) is 7.75. The van der Waals surface area contributed by atoms with Gasteiger partial charge in [-0.15, -0.1) is 0 Å². The molecule has 2 aliphatic heterocycles. The van der Waals surface area contributed by atoms with E-state index < -0.39 is 0 Å². The van der Waals surface area contributed by atoms with Crippen molar-refractivity contribution in [1.29, 1.82) is 0 Å². The molecule has 108 valence electrons. The molecule has 1 N–H and O–H groups in total. The Morgan fingerprint density at radius 2 is 2.20 bits per heavy atom. The molecule has 2 fully saturated rings. The van der Waals surface area contributed by atoms with Crippen molar-refractivity contribution < 1.29 is 4.79 Å². The van der Waals surface area contributed by atoms with Gasteiger partial charge >= 0.3 is 0 Å². The minimum Gasteiger partial charge on any atom is -0.349 e. The lowest BCUT2D eigenvalue weighted by Gasteiger charge is -2.35. The number of hydrogen-bond donors (Lipinski definition) is 1. The van der Waals surface area contributed by atoms with Crippen molar-refractivity contribution in [3.8, 4) is 0 Å². The van der Waals surface area contributed by atoms with E-state index in [1.165, 1.54) is 19.4 Å². The van der Waals surface area contributed by atoms with Gasteiger partial charge in [0, 0.05) is 26.7 Å². The minimum absolute atomic E-state index is 0.0480. The van der Waals surface area contributed by atoms with Gasteiger partial charge in [0.05, 0.1) is 5.56 Å². The van der Waals surface area contributed by atoms with Crippen LogP contribution in [0.4, 0.5) is 0 Å². The van der Waals surface area contributed by atoms with Crippen molar-refractivity contribution in [2.24, 2.45) is 0 Å². The van der Waals surface area contributed by atoms with E-state index in [4.69, 9.17) is 0 Å². The van der Waals surface area contributed by atoms with Crippen LogP contribution < -0.4 is 5.32 Å². The summed E-state index contributed by atoms with van der Waals surface area (Å²) in [6.07, 6.45) is 4.78. The number of rotatable bonds is 2. The maximum Gasteiger partial charge on any atom is 0.252 e. The molecule has 2 unspecified atom stereocenters. The van der Waals surface area contributed by atoms with Crippen LogP contribution in [0.2, 0.25) is 0 Å². The van der Waals surface area contributed by atoms with Gasteiger partial charge in [0.15, 0.2) is 0 Å². The monoisotopic (exact) mass is 448 g/mol. The number of piperidine rings is 1. The van der Waals surface area contributed by atoms with E-state index in [1.807, 2.05) is 18.2 Å². The molecule has 0 radical (unpaired) electrons. The van der Waals surface area contributed by atoms with Crippen molar-refractivity contribution >= 4 is 44.4 Å². The number of fused-ring (bicyclic) bond motifs is 1. The van der Waals surface area contributed by atoms with Crippen LogP contribution in [0, 0.1) is 3.57 Å². The zero-order valence-electron chi connectivity index (χ0n) is 11.2. The fourth-order valence-corrected chi connectivity index (χ4v) is 4.21. The summed E-state index contributed by atoms with van der Waals surface area (Å²) in [5.74, 6) is 0.0480. The predicted octanol–water partition coefficient (Wildman–Crippen LogP) is 3.41. The van der Waals surface area contributed by atoms with Crippen molar-refractivity contribution in [2.45, 2.75) is 37.8 Å². The Morgan fingerprint density at radius 3 is 3.05 bits per heavy atom. The Morgan fingerprint density at radius 1 is 1.35 bits per heavy atom. The highest BCUT2D eigenvalue weighted by Gasteiger charge is 2.32. The lowest BCUT2D eigenvalue weighted by atomic mass is 9.97. The van der Waals surface area contributed by atoms with E-state index in [1.54, 1.807) is 0 Å². The first-order chi connectivity index (χ1) is 9.63. The third-order valence-electron chi connectivity index (χ3n) is 4.33. The Balaban J connectivity index is 1.65. The van der Waals surface area contributed by atoms with E-state index in [-0.39, 0.29) is 5.91 Å². The molecule has 2 saturated heterocycles. The molecule has 0 spiro atoms. The third-order valence-corrected chi connectivity index (χ3v) is 5.69. The van der Waals surface area contributed by atoms with Gasteiger partial charge < -0.3 is 10.2 Å². The average molecular weight is 449 g/mol. The van der Waals surface area contributed by atoms with Gasteiger partial charge in [0.25, 0.3) is 5.91 Å². The number of halogens is 2. The number of nitrogens with one attached hydrogen (secondary N) is 1. The van der Waals surface area contributed by atoms with Gasteiger partial charge in [-0.25, -0.2) is 0 Å². The van der Waals surface area contributed by atoms with Crippen molar-refractivity contribution in [1.82, 2.24) is 10.2 Å². The predicted molar refractivity (Wildman–Crippen MR) is 91.9 cm³/mol. The van der Waals surface area contributed by atoms with E-state index in [0.29, 0.717) is 12.1 Å². The summed E-state index contributed by atoms with van der Waals surface area (Å²) in [5, 5.41) is 3.22. The van der Waals surface area contributed by atoms with Gasteiger partial charge in [-0.1, -0.05) is 0 Å². The zero-order chi connectivity index (χ0) is 14.1. The fraction of sp³-hybridized carbons (Fsp3) is 0.533. The van der Waals surface area contributed by atoms with Crippen LogP contribution in [-0.4, -0.2) is 36.0 Å². The summed E-state index contributed by atoms with van der Waals surface area (Å²) >= 11 is 5.71. The first-order valence-electron chi connectivity index (χ1n) is 7.13. The molecule has 2 aliphatic rings. The first-order valence-corrected chi connectivity index (χ1v) is 9.00. The molecule has 0 bridgehead atoms. The Labute approximate surface area is 141 Å². The van der Waals surface area contributed by atoms with E-state index >= 15 is 0 Å². The number of hydrogen-bond acceptors (Lipinski definition) is 2. The van der Waals surface area contributed by atoms with Crippen LogP contribution in [0.15, 0.2) is 22.7 Å². The number of nitrogens with zero attached hydrogens (tertiary/aromatic N) is 1. The number of benzene rings is 1. The van der Waals surface area contributed by atoms with E-state index in [9.17, 15) is 4.79 Å². The van der Waals surface area contributed by atoms with Crippen molar-refractivity contribution in [3.63, 3.8) is 0 Å². The summed E-state index contributed by atoms with van der Waals surface area (Å²) in [7, 11) is 0. The summed E-state index contributed by atoms with van der Waals surface area (Å²) in [5.41, 5.74) is 0.741. The summed E-state index contributed by atoms with van der Waals surface area (Å²) in [4.78, 5) is 15.0. The molecule has 2 heterocycles. The Bertz CT molecular complexity index is 523. The quantitative estimate of drug-likeness (QED) is 0.703. The third kappa shape index (κ3) is 3.20. The molecule has 20 heavy (non-hydrogen) atoms. The number of amides is 1. The van der Waals surface area contributed by atoms with Crippen LogP contribution >= 0.6 is 38.5 Å². The smallest absolute Gasteiger partial charge is 0.252 e. The molecule has 3 rings (SSSR count). The van der Waals surface area contributed by atoms with Gasteiger partial charge in [-0.3, -0.25) is 4.79 Å². The summed E-state index contributed by atoms with van der Waals surface area (Å²) in [6.45, 7) is 2.37. The Hall–Kier alpha value is -0.140. The highest BCUT2D eigenvalue weighted by molar-refractivity contribution is 14.1. The molecular weight excluding hydrogens is 431 g/mol. The lowest BCUT2D eigenvalue weighted by Crippen LogP contribution is -2.47. The standard InChI is InChI=1S/C15H18BrIN2O/c16-14-4-3-10(17)8-13(14)15(20)18-11-5-7-19-6-1-2-12(19)9-11/h3-4,8,11-12H,1-2,5-7,9H2,(H,18,20). The van der Waals surface area contributed by atoms with Crippen LogP contribution in [0.1, 0.15) is 36.0 Å². The molecule has 1 aromatic rings. The largest absolute Gasteiger partial charge is 0.349 e. The molecule has 1 aromatic carbocycles. The summed E-state index contributed by atoms with van der Waals surface area (Å²) < 4.78 is 1.95. The second-order valence-electron chi connectivity index (χ2n) is 5.65. The zero-order valence-corrected chi connectivity index (χ0v) is 15.0. The van der Waals surface area contributed by atoms with Crippen LogP contribution in [0.5, 0.6) is 0 Å². The summed E-state index contributed by atoms with van der Waals surface area (Å²) in [6, 6.07) is 6.89. The lowest BCUT2D eigenvalue weighted by molar-refractivity contribution is 0.0895. The number of carbonyl (C=O) groups excluding carboxylic acids is 1. The first kappa shape index (κ1) is 14.8. The van der Waals surface area contributed by atoms with Crippen LogP contribution in [0.25, 0.3) is 0 Å². The maximum absolute atomic E-state index is 12.4. The van der Waals surface area contributed by atoms with E-state index in [2.05, 4.69) is 48.7 Å². The molecule has 3 nitrogen and oxygen atoms in total. The van der Waals surface area contributed by atoms with Crippen molar-refractivity contribution in [3.05, 3.63) is 31.8 Å². The molecule has 0 saturated carbocycles. The molecule has 5 heteroatoms. The minimum atomic E-state index is 0.0480. The fourth-order valence-electron chi connectivity index (χ4n) is 3.29. The van der Waals surface area contributed by atoms with Gasteiger partial charge in [0.1, 0.15) is 0 Å². The molecular formula is C15H18BrIN2O. The molecule has 0 aliphatic carbocycles. The topological polar surface area (TPSA) is 32.3 Å². The van der Waals surface area contributed by atoms with Crippen LogP contribution in [-0.2, 0) is 0 Å². The van der Waals surface area contributed by atoms with Gasteiger partial charge in [0.2, 0.25) is 0 Å². The highest BCUT2D eigenvalue weighted by Crippen LogP contribution is 2.27. The van der Waals surface area contributed by atoms with E-state index in [0.717, 1.165) is 33.0 Å². The van der Waals surface area contributed by atoms with Crippen LogP contribution in [0.3, 0.4) is 0 Å². The molecule has 2 atom stereocenters. The second kappa shape index (κ2) is 6.32. The van der Waals surface area contributed by atoms with Gasteiger partial charge in [-0.05, 0) is 88.9 Å². The normalized spacial score (nSPS) is 26.3. The number of carbonyl (C=O) groups is 1.